The van der Waals surface area contributed by atoms with Gasteiger partial charge in [-0.15, -0.1) is 0 Å². The molecule has 90 valence electrons. The van der Waals surface area contributed by atoms with E-state index in [-0.39, 0.29) is 5.75 Å². The van der Waals surface area contributed by atoms with E-state index >= 15 is 0 Å². The van der Waals surface area contributed by atoms with Crippen molar-refractivity contribution in [3.05, 3.63) is 23.8 Å². The molecule has 0 aliphatic carbocycles. The van der Waals surface area contributed by atoms with Crippen LogP contribution in [0, 0.1) is 6.92 Å². The highest BCUT2D eigenvalue weighted by atomic mass is 32.2. The fourth-order valence-corrected chi connectivity index (χ4v) is 3.05. The van der Waals surface area contributed by atoms with Crippen molar-refractivity contribution in [3.63, 3.8) is 0 Å². The summed E-state index contributed by atoms with van der Waals surface area (Å²) in [4.78, 5) is 0.323. The van der Waals surface area contributed by atoms with E-state index in [1.807, 2.05) is 0 Å². The van der Waals surface area contributed by atoms with Gasteiger partial charge in [0.2, 0.25) is 0 Å². The predicted octanol–water partition coefficient (Wildman–Crippen LogP) is 1.39. The molecule has 0 aromatic heterocycles. The quantitative estimate of drug-likeness (QED) is 0.626. The molecule has 1 aromatic rings. The summed E-state index contributed by atoms with van der Waals surface area (Å²) in [7, 11) is -1.69. The highest BCUT2D eigenvalue weighted by Crippen LogP contribution is 2.20. The largest absolute Gasteiger partial charge is 0.399 e. The molecule has 4 nitrogen and oxygen atoms in total. The Hall–Kier alpha value is -1.07. The second kappa shape index (κ2) is 5.32. The molecule has 0 saturated heterocycles. The molecule has 16 heavy (non-hydrogen) atoms. The van der Waals surface area contributed by atoms with E-state index in [4.69, 9.17) is 10.5 Å². The Morgan fingerprint density at radius 3 is 2.69 bits per heavy atom. The minimum atomic E-state index is -3.25. The van der Waals surface area contributed by atoms with Gasteiger partial charge in [0.05, 0.1) is 10.6 Å². The van der Waals surface area contributed by atoms with Gasteiger partial charge in [-0.25, -0.2) is 8.42 Å². The van der Waals surface area contributed by atoms with Crippen LogP contribution in [0.15, 0.2) is 23.1 Å². The highest BCUT2D eigenvalue weighted by molar-refractivity contribution is 7.91. The molecular weight excluding hydrogens is 226 g/mol. The minimum absolute atomic E-state index is 0.0884. The highest BCUT2D eigenvalue weighted by Gasteiger charge is 2.16. The lowest BCUT2D eigenvalue weighted by Gasteiger charge is -2.08. The van der Waals surface area contributed by atoms with E-state index in [1.165, 1.54) is 6.07 Å². The number of ether oxygens (including phenoxy) is 1. The molecule has 0 unspecified atom stereocenters. The first-order valence-corrected chi connectivity index (χ1v) is 6.70. The van der Waals surface area contributed by atoms with Crippen molar-refractivity contribution in [2.75, 3.05) is 25.2 Å². The lowest BCUT2D eigenvalue weighted by Crippen LogP contribution is -2.10. The average Bonchev–Trinajstić information content (AvgIpc) is 2.22. The average molecular weight is 243 g/mol. The number of benzene rings is 1. The van der Waals surface area contributed by atoms with Crippen LogP contribution in [0.5, 0.6) is 0 Å². The van der Waals surface area contributed by atoms with Gasteiger partial charge in [-0.05, 0) is 31.0 Å². The monoisotopic (exact) mass is 243 g/mol. The first-order chi connectivity index (χ1) is 7.47. The maximum Gasteiger partial charge on any atom is 0.178 e. The van der Waals surface area contributed by atoms with Crippen LogP contribution in [-0.4, -0.2) is 27.9 Å². The molecule has 0 atom stereocenters. The number of hydrogen-bond acceptors (Lipinski definition) is 4. The van der Waals surface area contributed by atoms with Crippen LogP contribution in [-0.2, 0) is 14.6 Å². The summed E-state index contributed by atoms with van der Waals surface area (Å²) in [5.74, 6) is 0.0884. The van der Waals surface area contributed by atoms with Crippen LogP contribution in [0.2, 0.25) is 0 Å². The standard InChI is InChI=1S/C11H17NO3S/c1-9-4-5-10(12)8-11(9)16(13,14)7-3-6-15-2/h4-5,8H,3,6-7,12H2,1-2H3. The maximum atomic E-state index is 12.0. The number of hydrogen-bond donors (Lipinski definition) is 1. The van der Waals surface area contributed by atoms with Gasteiger partial charge in [-0.2, -0.15) is 0 Å². The molecule has 1 rings (SSSR count). The van der Waals surface area contributed by atoms with Gasteiger partial charge in [0.15, 0.2) is 9.84 Å². The van der Waals surface area contributed by atoms with Crippen molar-refractivity contribution < 1.29 is 13.2 Å². The van der Waals surface area contributed by atoms with Crippen LogP contribution in [0.4, 0.5) is 5.69 Å². The summed E-state index contributed by atoms with van der Waals surface area (Å²) in [5.41, 5.74) is 6.79. The first kappa shape index (κ1) is 13.0. The third-order valence-electron chi connectivity index (χ3n) is 2.31. The molecule has 0 saturated carbocycles. The van der Waals surface area contributed by atoms with Crippen LogP contribution in [0.1, 0.15) is 12.0 Å². The molecular formula is C11H17NO3S. The Bertz CT molecular complexity index is 454. The van der Waals surface area contributed by atoms with Gasteiger partial charge in [-0.3, -0.25) is 0 Å². The summed E-state index contributed by atoms with van der Waals surface area (Å²) in [5, 5.41) is 0. The fraction of sp³-hybridized carbons (Fsp3) is 0.455. The van der Waals surface area contributed by atoms with Crippen molar-refractivity contribution >= 4 is 15.5 Å². The third kappa shape index (κ3) is 3.21. The maximum absolute atomic E-state index is 12.0. The zero-order valence-corrected chi connectivity index (χ0v) is 10.4. The Labute approximate surface area is 96.3 Å². The summed E-state index contributed by atoms with van der Waals surface area (Å²) in [6.45, 7) is 2.21. The minimum Gasteiger partial charge on any atom is -0.399 e. The second-order valence-electron chi connectivity index (χ2n) is 3.69. The smallest absolute Gasteiger partial charge is 0.178 e. The summed E-state index contributed by atoms with van der Waals surface area (Å²) in [6.07, 6.45) is 0.493. The topological polar surface area (TPSA) is 69.4 Å². The number of anilines is 1. The van der Waals surface area contributed by atoms with Crippen LogP contribution in [0.25, 0.3) is 0 Å². The molecule has 0 aliphatic rings. The molecule has 0 bridgehead atoms. The lowest BCUT2D eigenvalue weighted by molar-refractivity contribution is 0.199. The second-order valence-corrected chi connectivity index (χ2v) is 5.77. The molecule has 0 radical (unpaired) electrons. The normalized spacial score (nSPS) is 11.6. The van der Waals surface area contributed by atoms with Gasteiger partial charge >= 0.3 is 0 Å². The summed E-state index contributed by atoms with van der Waals surface area (Å²) < 4.78 is 28.8. The number of aryl methyl sites for hydroxylation is 1. The van der Waals surface area contributed by atoms with E-state index in [0.29, 0.717) is 23.6 Å². The Balaban J connectivity index is 2.93. The van der Waals surface area contributed by atoms with E-state index in [9.17, 15) is 8.42 Å². The molecule has 0 fully saturated rings. The van der Waals surface area contributed by atoms with Crippen LogP contribution < -0.4 is 5.73 Å². The van der Waals surface area contributed by atoms with E-state index in [0.717, 1.165) is 5.56 Å². The predicted molar refractivity (Wildman–Crippen MR) is 64.1 cm³/mol. The van der Waals surface area contributed by atoms with E-state index in [2.05, 4.69) is 0 Å². The van der Waals surface area contributed by atoms with Crippen molar-refractivity contribution in [1.29, 1.82) is 0 Å². The van der Waals surface area contributed by atoms with Crippen molar-refractivity contribution in [1.82, 2.24) is 0 Å². The summed E-state index contributed by atoms with van der Waals surface area (Å²) in [6, 6.07) is 4.93. The first-order valence-electron chi connectivity index (χ1n) is 5.05. The fourth-order valence-electron chi connectivity index (χ4n) is 1.45. The number of methoxy groups -OCH3 is 1. The number of rotatable bonds is 5. The lowest BCUT2D eigenvalue weighted by atomic mass is 10.2. The van der Waals surface area contributed by atoms with E-state index in [1.54, 1.807) is 26.2 Å². The Morgan fingerprint density at radius 2 is 2.06 bits per heavy atom. The Kier molecular flexibility index (Phi) is 4.32. The third-order valence-corrected chi connectivity index (χ3v) is 4.24. The van der Waals surface area contributed by atoms with Gasteiger partial charge in [-0.1, -0.05) is 6.07 Å². The molecule has 0 heterocycles. The van der Waals surface area contributed by atoms with Crippen molar-refractivity contribution in [3.8, 4) is 0 Å². The van der Waals surface area contributed by atoms with Gasteiger partial charge in [0, 0.05) is 19.4 Å². The van der Waals surface area contributed by atoms with Crippen LogP contribution >= 0.6 is 0 Å². The Morgan fingerprint density at radius 1 is 1.38 bits per heavy atom. The zero-order valence-electron chi connectivity index (χ0n) is 9.56. The van der Waals surface area contributed by atoms with Crippen molar-refractivity contribution in [2.45, 2.75) is 18.2 Å². The molecule has 2 N–H and O–H groups in total. The molecule has 0 aliphatic heterocycles. The number of nitrogens with two attached hydrogens (primary N) is 1. The molecule has 1 aromatic carbocycles. The molecule has 0 spiro atoms. The van der Waals surface area contributed by atoms with Gasteiger partial charge in [0.1, 0.15) is 0 Å². The molecule has 5 heteroatoms. The molecule has 0 amide bonds. The van der Waals surface area contributed by atoms with Gasteiger partial charge < -0.3 is 10.5 Å². The van der Waals surface area contributed by atoms with Gasteiger partial charge in [0.25, 0.3) is 0 Å². The number of sulfone groups is 1. The SMILES string of the molecule is COCCCS(=O)(=O)c1cc(N)ccc1C. The van der Waals surface area contributed by atoms with E-state index < -0.39 is 9.84 Å². The number of nitrogen functional groups attached to an aromatic ring is 1. The zero-order chi connectivity index (χ0) is 12.2. The summed E-state index contributed by atoms with van der Waals surface area (Å²) >= 11 is 0. The van der Waals surface area contributed by atoms with Crippen molar-refractivity contribution in [2.24, 2.45) is 0 Å². The van der Waals surface area contributed by atoms with Crippen LogP contribution in [0.3, 0.4) is 0 Å².